The summed E-state index contributed by atoms with van der Waals surface area (Å²) in [5, 5.41) is 1.24. The first-order chi connectivity index (χ1) is 29.4. The van der Waals surface area contributed by atoms with Crippen LogP contribution in [0.4, 0.5) is 0 Å². The maximum absolute atomic E-state index is 6.92. The van der Waals surface area contributed by atoms with E-state index in [0.717, 1.165) is 44.0 Å². The summed E-state index contributed by atoms with van der Waals surface area (Å²) in [5.74, 6) is 0. The molecule has 0 amide bonds. The van der Waals surface area contributed by atoms with Gasteiger partial charge >= 0.3 is 22.7 Å². The van der Waals surface area contributed by atoms with E-state index in [2.05, 4.69) is 159 Å². The van der Waals surface area contributed by atoms with Crippen LogP contribution in [-0.4, -0.2) is 112 Å². The number of halogens is 2. The highest BCUT2D eigenvalue weighted by Crippen LogP contribution is 2.65. The molecular formula is C49H73B3Cl2N6P5+3. The minimum absolute atomic E-state index is 0.0588. The van der Waals surface area contributed by atoms with Gasteiger partial charge in [-0.1, -0.05) is 125 Å². The molecule has 65 heavy (non-hydrogen) atoms. The van der Waals surface area contributed by atoms with Gasteiger partial charge in [-0.05, 0) is 122 Å². The lowest BCUT2D eigenvalue weighted by Gasteiger charge is -2.36. The van der Waals surface area contributed by atoms with Crippen LogP contribution < -0.4 is 21.7 Å². The Morgan fingerprint density at radius 1 is 0.462 bits per heavy atom. The van der Waals surface area contributed by atoms with E-state index in [1.54, 1.807) is 0 Å². The molecule has 3 unspecified atom stereocenters. The number of nitrogens with zero attached hydrogens (tertiary/aromatic N) is 6. The molecule has 3 aromatic heterocycles. The number of para-hydroxylation sites is 6. The van der Waals surface area contributed by atoms with Crippen molar-refractivity contribution in [3.8, 4) is 0 Å². The molecule has 6 aromatic rings. The van der Waals surface area contributed by atoms with Crippen molar-refractivity contribution in [2.24, 2.45) is 0 Å². The van der Waals surface area contributed by atoms with Gasteiger partial charge in [0, 0.05) is 34.3 Å². The molecule has 0 aliphatic carbocycles. The average Bonchev–Trinajstić information content (AvgIpc) is 3.18. The van der Waals surface area contributed by atoms with Gasteiger partial charge in [0.05, 0.1) is 59.4 Å². The molecule has 0 aliphatic heterocycles. The molecule has 3 heterocycles. The smallest absolute Gasteiger partial charge is 0.244 e. The SMILES string of the molecule is C[P@](c1nc2ccccc2nc1[P@](C)C(C)(C)C)C(C)(C)C.Clc1nc2ccccc2nc1Cl.[B][P+](C)(c1nc2ccccc2nc1[P+]([B])(C)C(C)(C)C)C(C)(C)C.[B][PH+](C)C(C)(C)C. The zero-order chi connectivity index (χ0) is 49.9. The van der Waals surface area contributed by atoms with E-state index in [9.17, 15) is 0 Å². The maximum atomic E-state index is 6.92. The van der Waals surface area contributed by atoms with E-state index in [4.69, 9.17) is 65.8 Å². The summed E-state index contributed by atoms with van der Waals surface area (Å²) in [6.45, 7) is 44.7. The number of rotatable bonds is 4. The standard InChI is InChI=1S/C18H28B2N2P2.C18H28N2P2.C8H4Cl2N2.C5H13BP/c1-17(2,3)23(7,19)15-16(24(8,20)18(4,5)6)22-14-12-10-9-11-13(14)21-15;1-17(2,3)21(7)15-16(22(8)18(4,5)6)20-14-12-10-9-11-13(14)19-15;9-7-8(10)12-6-4-2-1-3-5(6)11-7;1-5(2,3)7(4)6/h9-12H,1-8H3;9-12H,1-8H3;1-4H;7H,1-4H3/q+2;;;+1/t;21-,22+;;. The molecule has 6 radical (unpaired) electrons. The van der Waals surface area contributed by atoms with Crippen molar-refractivity contribution in [2.45, 2.75) is 130 Å². The largest absolute Gasteiger partial charge is 0.373 e. The molecule has 5 atom stereocenters. The Morgan fingerprint density at radius 3 is 0.877 bits per heavy atom. The van der Waals surface area contributed by atoms with Crippen LogP contribution in [0.25, 0.3) is 33.1 Å². The number of aromatic nitrogens is 6. The Bertz CT molecular complexity index is 2380. The van der Waals surface area contributed by atoms with Crippen molar-refractivity contribution >= 4 is 139 Å². The predicted octanol–water partition coefficient (Wildman–Crippen LogP) is 13.3. The van der Waals surface area contributed by atoms with Gasteiger partial charge in [0.2, 0.25) is 10.9 Å². The normalized spacial score (nSPS) is 15.8. The molecule has 0 saturated heterocycles. The van der Waals surface area contributed by atoms with E-state index < -0.39 is 22.1 Å². The topological polar surface area (TPSA) is 77.3 Å². The first kappa shape index (κ1) is 57.9. The quantitative estimate of drug-likeness (QED) is 0.129. The minimum atomic E-state index is -2.01. The second kappa shape index (κ2) is 22.1. The minimum Gasteiger partial charge on any atom is -0.244 e. The van der Waals surface area contributed by atoms with Crippen molar-refractivity contribution in [2.75, 3.05) is 33.3 Å². The monoisotopic (exact) mass is 1000 g/mol. The fourth-order valence-electron chi connectivity index (χ4n) is 5.26. The Morgan fingerprint density at radius 2 is 0.677 bits per heavy atom. The fraction of sp³-hybridized carbons (Fsp3) is 0.510. The first-order valence-corrected chi connectivity index (χ1v) is 32.9. The highest BCUT2D eigenvalue weighted by Gasteiger charge is 2.53. The van der Waals surface area contributed by atoms with Crippen LogP contribution in [0.3, 0.4) is 0 Å². The van der Waals surface area contributed by atoms with Crippen molar-refractivity contribution in [3.63, 3.8) is 0 Å². The Balaban J connectivity index is 0.000000250. The molecule has 0 spiro atoms. The third-order valence-corrected chi connectivity index (χ3v) is 29.3. The molecule has 0 N–H and O–H groups in total. The van der Waals surface area contributed by atoms with Gasteiger partial charge in [0.1, 0.15) is 0 Å². The van der Waals surface area contributed by atoms with Gasteiger partial charge in [-0.3, -0.25) is 0 Å². The predicted molar refractivity (Wildman–Crippen MR) is 309 cm³/mol. The average molecular weight is 1000 g/mol. The van der Waals surface area contributed by atoms with Crippen LogP contribution in [0.2, 0.25) is 10.3 Å². The van der Waals surface area contributed by atoms with Crippen LogP contribution in [-0.2, 0) is 0 Å². The third kappa shape index (κ3) is 15.1. The van der Waals surface area contributed by atoms with Crippen LogP contribution >= 0.6 is 61.1 Å². The van der Waals surface area contributed by atoms with Gasteiger partial charge in [-0.25, -0.2) is 29.9 Å². The van der Waals surface area contributed by atoms with Gasteiger partial charge in [-0.2, -0.15) is 0 Å². The van der Waals surface area contributed by atoms with Gasteiger partial charge in [0.25, 0.3) is 0 Å². The second-order valence-corrected chi connectivity index (χ2v) is 39.1. The second-order valence-electron chi connectivity index (χ2n) is 21.9. The van der Waals surface area contributed by atoms with Crippen LogP contribution in [0.1, 0.15) is 104 Å². The van der Waals surface area contributed by atoms with Crippen molar-refractivity contribution in [1.82, 2.24) is 29.9 Å². The first-order valence-electron chi connectivity index (χ1n) is 21.9. The van der Waals surface area contributed by atoms with E-state index >= 15 is 0 Å². The summed E-state index contributed by atoms with van der Waals surface area (Å²) in [7, 11) is 14.2. The van der Waals surface area contributed by atoms with E-state index in [1.807, 2.05) is 60.7 Å². The summed E-state index contributed by atoms with van der Waals surface area (Å²) in [5.41, 5.74) is 9.75. The number of benzene rings is 3. The Kier molecular flexibility index (Phi) is 19.7. The van der Waals surface area contributed by atoms with Crippen LogP contribution in [0.15, 0.2) is 72.8 Å². The zero-order valence-electron chi connectivity index (χ0n) is 42.9. The molecular weight excluding hydrogens is 931 g/mol. The van der Waals surface area contributed by atoms with E-state index in [0.29, 0.717) is 5.16 Å². The molecule has 0 fully saturated rings. The van der Waals surface area contributed by atoms with Crippen molar-refractivity contribution < 1.29 is 0 Å². The lowest BCUT2D eigenvalue weighted by Crippen LogP contribution is -2.44. The molecule has 16 heteroatoms. The fourth-order valence-corrected chi connectivity index (χ4v) is 13.0. The summed E-state index contributed by atoms with van der Waals surface area (Å²) in [6, 6.07) is 23.7. The number of hydrogen-bond acceptors (Lipinski definition) is 6. The summed E-state index contributed by atoms with van der Waals surface area (Å²) < 4.78 is 0. The molecule has 0 bridgehead atoms. The maximum Gasteiger partial charge on any atom is 0.373 e. The van der Waals surface area contributed by atoms with Gasteiger partial charge in [-0.15, -0.1) is 0 Å². The Hall–Kier alpha value is -1.40. The molecule has 3 aromatic carbocycles. The molecule has 344 valence electrons. The summed E-state index contributed by atoms with van der Waals surface area (Å²) in [6.07, 6.45) is 0. The highest BCUT2D eigenvalue weighted by atomic mass is 35.5. The summed E-state index contributed by atoms with van der Waals surface area (Å²) >= 11 is 11.4. The third-order valence-electron chi connectivity index (χ3n) is 12.1. The van der Waals surface area contributed by atoms with Crippen LogP contribution in [0, 0.1) is 0 Å². The zero-order valence-corrected chi connectivity index (χ0v) is 49.0. The summed E-state index contributed by atoms with van der Waals surface area (Å²) in [4.78, 5) is 28.2. The highest BCUT2D eigenvalue weighted by molar-refractivity contribution is 8.08. The molecule has 0 saturated carbocycles. The van der Waals surface area contributed by atoms with E-state index in [-0.39, 0.29) is 46.8 Å². The lowest BCUT2D eigenvalue weighted by atomic mass is 10.2. The molecule has 6 rings (SSSR count). The van der Waals surface area contributed by atoms with Gasteiger partial charge in [0.15, 0.2) is 10.3 Å². The van der Waals surface area contributed by atoms with E-state index in [1.165, 1.54) is 10.9 Å². The van der Waals surface area contributed by atoms with Crippen molar-refractivity contribution in [1.29, 1.82) is 0 Å². The molecule has 6 nitrogen and oxygen atoms in total. The molecule has 0 aliphatic rings. The number of fused-ring (bicyclic) bond motifs is 3. The van der Waals surface area contributed by atoms with Crippen LogP contribution in [0.5, 0.6) is 0 Å². The Labute approximate surface area is 412 Å². The number of hydrogen-bond donors (Lipinski definition) is 0. The van der Waals surface area contributed by atoms with Crippen molar-refractivity contribution in [3.05, 3.63) is 83.1 Å². The van der Waals surface area contributed by atoms with Gasteiger partial charge < -0.3 is 0 Å². The lowest BCUT2D eigenvalue weighted by molar-refractivity contribution is 0.784.